The van der Waals surface area contributed by atoms with Crippen LogP contribution in [0.1, 0.15) is 44.9 Å². The predicted molar refractivity (Wildman–Crippen MR) is 77.5 cm³/mol. The molecular weight excluding hydrogens is 256 g/mol. The highest BCUT2D eigenvalue weighted by molar-refractivity contribution is 5.76. The number of aliphatic hydroxyl groups is 1. The highest BCUT2D eigenvalue weighted by Gasteiger charge is 2.28. The Bertz CT molecular complexity index is 289. The van der Waals surface area contributed by atoms with Gasteiger partial charge in [0.05, 0.1) is 19.1 Å². The van der Waals surface area contributed by atoms with Crippen LogP contribution in [-0.4, -0.2) is 60.9 Å². The Morgan fingerprint density at radius 3 is 2.60 bits per heavy atom. The van der Waals surface area contributed by atoms with E-state index >= 15 is 0 Å². The Hall–Kier alpha value is -0.650. The second-order valence-corrected chi connectivity index (χ2v) is 5.82. The van der Waals surface area contributed by atoms with Crippen LogP contribution in [0.5, 0.6) is 0 Å². The zero-order valence-electron chi connectivity index (χ0n) is 12.4. The van der Waals surface area contributed by atoms with Crippen LogP contribution in [0.4, 0.5) is 0 Å². The summed E-state index contributed by atoms with van der Waals surface area (Å²) in [5.74, 6) is 0.192. The summed E-state index contributed by atoms with van der Waals surface area (Å²) in [4.78, 5) is 14.2. The Morgan fingerprint density at radius 1 is 1.25 bits per heavy atom. The van der Waals surface area contributed by atoms with Gasteiger partial charge in [-0.05, 0) is 51.6 Å². The van der Waals surface area contributed by atoms with E-state index in [2.05, 4.69) is 5.32 Å². The monoisotopic (exact) mass is 284 g/mol. The molecule has 0 aromatic heterocycles. The minimum atomic E-state index is 0.155. The molecule has 2 rings (SSSR count). The second-order valence-electron chi connectivity index (χ2n) is 5.82. The predicted octanol–water partition coefficient (Wildman–Crippen LogP) is 0.909. The van der Waals surface area contributed by atoms with Crippen molar-refractivity contribution in [2.75, 3.05) is 32.8 Å². The fraction of sp³-hybridized carbons (Fsp3) is 0.933. The summed E-state index contributed by atoms with van der Waals surface area (Å²) in [5.41, 5.74) is 0. The molecule has 1 saturated heterocycles. The molecule has 0 unspecified atom stereocenters. The molecule has 1 saturated carbocycles. The van der Waals surface area contributed by atoms with E-state index < -0.39 is 0 Å². The number of hydrogen-bond acceptors (Lipinski definition) is 4. The van der Waals surface area contributed by atoms with Crippen LogP contribution in [0.3, 0.4) is 0 Å². The summed E-state index contributed by atoms with van der Waals surface area (Å²) in [5, 5.41) is 12.3. The second kappa shape index (κ2) is 8.60. The summed E-state index contributed by atoms with van der Waals surface area (Å²) >= 11 is 0. The van der Waals surface area contributed by atoms with Crippen LogP contribution in [0.15, 0.2) is 0 Å². The van der Waals surface area contributed by atoms with Gasteiger partial charge in [-0.25, -0.2) is 0 Å². The Morgan fingerprint density at radius 2 is 2.00 bits per heavy atom. The average Bonchev–Trinajstić information content (AvgIpc) is 2.42. The third-order valence-electron chi connectivity index (χ3n) is 4.35. The third-order valence-corrected chi connectivity index (χ3v) is 4.35. The lowest BCUT2D eigenvalue weighted by atomic mass is 9.91. The van der Waals surface area contributed by atoms with E-state index in [0.29, 0.717) is 38.1 Å². The molecule has 116 valence electrons. The van der Waals surface area contributed by atoms with Gasteiger partial charge in [0, 0.05) is 19.2 Å². The Labute approximate surface area is 121 Å². The Balaban J connectivity index is 1.67. The normalized spacial score (nSPS) is 20.6. The minimum absolute atomic E-state index is 0.155. The first-order chi connectivity index (χ1) is 9.81. The lowest BCUT2D eigenvalue weighted by Crippen LogP contribution is -2.45. The number of rotatable bonds is 8. The molecule has 20 heavy (non-hydrogen) atoms. The molecule has 0 radical (unpaired) electrons. The zero-order valence-corrected chi connectivity index (χ0v) is 12.4. The van der Waals surface area contributed by atoms with E-state index in [0.717, 1.165) is 38.8 Å². The van der Waals surface area contributed by atoms with Gasteiger partial charge in [0.25, 0.3) is 0 Å². The van der Waals surface area contributed by atoms with Crippen molar-refractivity contribution in [2.45, 2.75) is 57.1 Å². The first kappa shape index (κ1) is 15.7. The van der Waals surface area contributed by atoms with Crippen molar-refractivity contribution < 1.29 is 14.6 Å². The molecule has 1 amide bonds. The minimum Gasteiger partial charge on any atom is -0.396 e. The van der Waals surface area contributed by atoms with Gasteiger partial charge >= 0.3 is 0 Å². The summed E-state index contributed by atoms with van der Waals surface area (Å²) < 4.78 is 5.80. The molecule has 5 heteroatoms. The number of carbonyl (C=O) groups is 1. The van der Waals surface area contributed by atoms with Crippen molar-refractivity contribution in [2.24, 2.45) is 0 Å². The van der Waals surface area contributed by atoms with Crippen LogP contribution in [0, 0.1) is 0 Å². The van der Waals surface area contributed by atoms with E-state index in [9.17, 15) is 4.79 Å². The first-order valence-electron chi connectivity index (χ1n) is 8.04. The zero-order chi connectivity index (χ0) is 14.2. The molecule has 0 bridgehead atoms. The van der Waals surface area contributed by atoms with Crippen molar-refractivity contribution in [3.05, 3.63) is 0 Å². The maximum atomic E-state index is 12.3. The molecule has 2 aliphatic rings. The lowest BCUT2D eigenvalue weighted by Gasteiger charge is -2.37. The van der Waals surface area contributed by atoms with Crippen LogP contribution < -0.4 is 5.32 Å². The van der Waals surface area contributed by atoms with E-state index in [-0.39, 0.29) is 12.5 Å². The molecule has 0 aromatic rings. The van der Waals surface area contributed by atoms with Crippen molar-refractivity contribution in [3.8, 4) is 0 Å². The number of carbonyl (C=O) groups excluding carboxylic acids is 1. The average molecular weight is 284 g/mol. The van der Waals surface area contributed by atoms with Gasteiger partial charge in [-0.3, -0.25) is 4.79 Å². The fourth-order valence-corrected chi connectivity index (χ4v) is 2.87. The van der Waals surface area contributed by atoms with E-state index in [1.54, 1.807) is 0 Å². The highest BCUT2D eigenvalue weighted by Crippen LogP contribution is 2.25. The number of aliphatic hydroxyl groups excluding tert-OH is 1. The summed E-state index contributed by atoms with van der Waals surface area (Å²) in [6.07, 6.45) is 7.02. The number of ether oxygens (including phenoxy) is 1. The van der Waals surface area contributed by atoms with E-state index in [1.807, 2.05) is 4.90 Å². The topological polar surface area (TPSA) is 61.8 Å². The van der Waals surface area contributed by atoms with E-state index in [1.165, 1.54) is 6.42 Å². The van der Waals surface area contributed by atoms with E-state index in [4.69, 9.17) is 9.84 Å². The number of nitrogens with one attached hydrogen (secondary N) is 1. The third kappa shape index (κ3) is 4.72. The summed E-state index contributed by atoms with van der Waals surface area (Å²) in [6.45, 7) is 3.41. The van der Waals surface area contributed by atoms with Gasteiger partial charge in [-0.15, -0.1) is 0 Å². The quantitative estimate of drug-likeness (QED) is 0.695. The lowest BCUT2D eigenvalue weighted by molar-refractivity contribution is -0.137. The smallest absolute Gasteiger partial charge is 0.225 e. The van der Waals surface area contributed by atoms with Gasteiger partial charge in [0.15, 0.2) is 0 Å². The maximum Gasteiger partial charge on any atom is 0.225 e. The maximum absolute atomic E-state index is 12.3. The van der Waals surface area contributed by atoms with Crippen molar-refractivity contribution in [1.82, 2.24) is 10.2 Å². The van der Waals surface area contributed by atoms with Crippen molar-refractivity contribution in [3.63, 3.8) is 0 Å². The molecule has 2 N–H and O–H groups in total. The van der Waals surface area contributed by atoms with Gasteiger partial charge in [-0.1, -0.05) is 0 Å². The van der Waals surface area contributed by atoms with Crippen LogP contribution in [0.25, 0.3) is 0 Å². The van der Waals surface area contributed by atoms with Crippen molar-refractivity contribution in [1.29, 1.82) is 0 Å². The molecule has 0 atom stereocenters. The van der Waals surface area contributed by atoms with Gasteiger partial charge in [0.2, 0.25) is 5.91 Å². The standard InChI is InChI=1S/C15H28N2O3/c18-11-2-10-17(13-3-1-4-13)15(19)7-12-20-14-5-8-16-9-6-14/h13-14,16,18H,1-12H2. The molecule has 1 heterocycles. The number of amides is 1. The molecule has 2 fully saturated rings. The molecule has 0 aromatic carbocycles. The number of piperidine rings is 1. The first-order valence-corrected chi connectivity index (χ1v) is 8.04. The van der Waals surface area contributed by atoms with Crippen LogP contribution in [-0.2, 0) is 9.53 Å². The SMILES string of the molecule is O=C(CCOC1CCNCC1)N(CCCO)C1CCC1. The largest absolute Gasteiger partial charge is 0.396 e. The van der Waals surface area contributed by atoms with Gasteiger partial charge in [-0.2, -0.15) is 0 Å². The highest BCUT2D eigenvalue weighted by atomic mass is 16.5. The summed E-state index contributed by atoms with van der Waals surface area (Å²) in [7, 11) is 0. The van der Waals surface area contributed by atoms with Crippen molar-refractivity contribution >= 4 is 5.91 Å². The fourth-order valence-electron chi connectivity index (χ4n) is 2.87. The van der Waals surface area contributed by atoms with Gasteiger partial charge < -0.3 is 20.1 Å². The number of hydrogen-bond donors (Lipinski definition) is 2. The molecule has 1 aliphatic heterocycles. The molecular formula is C15H28N2O3. The summed E-state index contributed by atoms with van der Waals surface area (Å²) in [6, 6.07) is 0.410. The van der Waals surface area contributed by atoms with Gasteiger partial charge in [0.1, 0.15) is 0 Å². The van der Waals surface area contributed by atoms with Crippen LogP contribution in [0.2, 0.25) is 0 Å². The molecule has 1 aliphatic carbocycles. The Kier molecular flexibility index (Phi) is 6.76. The molecule has 5 nitrogen and oxygen atoms in total. The molecule has 0 spiro atoms. The number of nitrogens with zero attached hydrogens (tertiary/aromatic N) is 1. The van der Waals surface area contributed by atoms with Crippen LogP contribution >= 0.6 is 0 Å².